The monoisotopic (exact) mass is 710 g/mol. The molecule has 0 saturated carbocycles. The van der Waals surface area contributed by atoms with Crippen molar-refractivity contribution in [2.24, 2.45) is 0 Å². The third-order valence-electron chi connectivity index (χ3n) is 10.8. The zero-order chi connectivity index (χ0) is 36.0. The summed E-state index contributed by atoms with van der Waals surface area (Å²) < 4.78 is 27.2. The van der Waals surface area contributed by atoms with Crippen molar-refractivity contribution in [3.63, 3.8) is 0 Å². The van der Waals surface area contributed by atoms with Crippen LogP contribution in [0.1, 0.15) is 61.8 Å². The molecule has 5 atom stereocenters. The molecule has 266 valence electrons. The van der Waals surface area contributed by atoms with E-state index in [0.717, 1.165) is 20.7 Å². The number of rotatable bonds is 11. The van der Waals surface area contributed by atoms with Crippen molar-refractivity contribution in [3.05, 3.63) is 121 Å². The fraction of sp³-hybridized carbons (Fsp3) is 0.429. The number of benzene rings is 4. The predicted molar refractivity (Wildman–Crippen MR) is 205 cm³/mol. The van der Waals surface area contributed by atoms with Gasteiger partial charge in [0.25, 0.3) is 16.6 Å². The van der Waals surface area contributed by atoms with Crippen LogP contribution in [0.15, 0.2) is 121 Å². The summed E-state index contributed by atoms with van der Waals surface area (Å²) in [7, 11) is -6.28. The lowest BCUT2D eigenvalue weighted by Crippen LogP contribution is -2.68. The van der Waals surface area contributed by atoms with Gasteiger partial charge in [-0.2, -0.15) is 0 Å². The van der Waals surface area contributed by atoms with Crippen LogP contribution in [0.3, 0.4) is 0 Å². The third-order valence-corrected chi connectivity index (χ3v) is 20.3. The molecule has 0 spiro atoms. The average molecular weight is 711 g/mol. The van der Waals surface area contributed by atoms with Crippen LogP contribution in [-0.2, 0) is 18.6 Å². The number of hydrogen-bond acceptors (Lipinski definition) is 6. The van der Waals surface area contributed by atoms with Gasteiger partial charge in [0, 0.05) is 0 Å². The molecule has 50 heavy (non-hydrogen) atoms. The Kier molecular flexibility index (Phi) is 10.00. The van der Waals surface area contributed by atoms with E-state index in [1.54, 1.807) is 6.92 Å². The van der Waals surface area contributed by atoms with Crippen LogP contribution in [0, 0.1) is 0 Å². The Balaban J connectivity index is 1.34. The van der Waals surface area contributed by atoms with Crippen molar-refractivity contribution in [1.82, 2.24) is 0 Å². The van der Waals surface area contributed by atoms with E-state index in [-0.39, 0.29) is 11.6 Å². The van der Waals surface area contributed by atoms with E-state index in [4.69, 9.17) is 18.6 Å². The highest BCUT2D eigenvalue weighted by atomic mass is 28.4. The maximum Gasteiger partial charge on any atom is 0.261 e. The molecule has 2 heterocycles. The minimum absolute atomic E-state index is 0.0424. The highest BCUT2D eigenvalue weighted by Crippen LogP contribution is 2.49. The molecule has 4 aromatic rings. The zero-order valence-electron chi connectivity index (χ0n) is 30.8. The molecule has 2 aliphatic heterocycles. The number of fused-ring (bicyclic) bond motifs is 1. The van der Waals surface area contributed by atoms with Crippen molar-refractivity contribution in [2.75, 3.05) is 6.61 Å². The molecule has 2 fully saturated rings. The molecule has 2 saturated heterocycles. The summed E-state index contributed by atoms with van der Waals surface area (Å²) in [6.45, 7) is 16.6. The van der Waals surface area contributed by atoms with Gasteiger partial charge in [-0.15, -0.1) is 0 Å². The summed E-state index contributed by atoms with van der Waals surface area (Å²) in [5.74, 6) is -0.860. The average Bonchev–Trinajstić information content (AvgIpc) is 3.58. The van der Waals surface area contributed by atoms with E-state index in [1.807, 2.05) is 86.6 Å². The normalized spacial score (nSPS) is 23.7. The van der Waals surface area contributed by atoms with E-state index in [9.17, 15) is 9.90 Å². The molecule has 0 aliphatic carbocycles. The fourth-order valence-electron chi connectivity index (χ4n) is 8.40. The summed E-state index contributed by atoms with van der Waals surface area (Å²) in [4.78, 5) is 12.9. The first kappa shape index (κ1) is 36.9. The van der Waals surface area contributed by atoms with Gasteiger partial charge in [-0.1, -0.05) is 156 Å². The van der Waals surface area contributed by atoms with E-state index in [0.29, 0.717) is 6.42 Å². The first-order valence-electron chi connectivity index (χ1n) is 17.8. The second kappa shape index (κ2) is 13.6. The highest BCUT2D eigenvalue weighted by Gasteiger charge is 2.63. The maximum absolute atomic E-state index is 12.9. The van der Waals surface area contributed by atoms with Gasteiger partial charge in [-0.05, 0) is 58.0 Å². The standard InChI is InChI=1S/C42H54O6Si2/c1-39(2,3)50(33-25-17-11-18-26-33,34-27-19-12-20-28-34)45-30-42(8,43)38-37-36(47-41(6,7)48-37)35(46-38)29-40(4,5)49(44,31-21-13-9-14-22-31)32-23-15-10-16-24-32/h9-28,35-38,43-44H,29-30H2,1-8H3/t35-,36-,37-,38+,42-/m1/s1. The fourth-order valence-corrected chi connectivity index (χ4v) is 16.8. The summed E-state index contributed by atoms with van der Waals surface area (Å²) in [6.07, 6.45) is -1.61. The Morgan fingerprint density at radius 2 is 1.04 bits per heavy atom. The minimum Gasteiger partial charge on any atom is -0.424 e. The van der Waals surface area contributed by atoms with Crippen LogP contribution < -0.4 is 20.7 Å². The van der Waals surface area contributed by atoms with Crippen LogP contribution in [0.4, 0.5) is 0 Å². The SMILES string of the molecule is CC1(C)O[C@@H]2[C@H](O1)[C@@H](CC(C)(C)[Si](O)(c1ccccc1)c1ccccc1)O[C@@H]2[C@](C)(O)CO[Si](c1ccccc1)(c1ccccc1)C(C)(C)C. The van der Waals surface area contributed by atoms with Gasteiger partial charge < -0.3 is 28.5 Å². The Morgan fingerprint density at radius 3 is 1.46 bits per heavy atom. The maximum atomic E-state index is 12.9. The minimum atomic E-state index is -3.34. The Bertz CT molecular complexity index is 1630. The third kappa shape index (κ3) is 6.61. The molecule has 2 aliphatic rings. The van der Waals surface area contributed by atoms with Crippen LogP contribution >= 0.6 is 0 Å². The molecular weight excluding hydrogens is 657 g/mol. The van der Waals surface area contributed by atoms with Crippen LogP contribution in [-0.4, -0.2) is 68.9 Å². The molecular formula is C42H54O6Si2. The quantitative estimate of drug-likeness (QED) is 0.200. The lowest BCUT2D eigenvalue weighted by molar-refractivity contribution is -0.214. The summed E-state index contributed by atoms with van der Waals surface area (Å²) in [5.41, 5.74) is -1.43. The van der Waals surface area contributed by atoms with E-state index >= 15 is 0 Å². The Labute approximate surface area is 300 Å². The van der Waals surface area contributed by atoms with Gasteiger partial charge in [0.15, 0.2) is 5.79 Å². The summed E-state index contributed by atoms with van der Waals surface area (Å²) >= 11 is 0. The molecule has 0 radical (unpaired) electrons. The van der Waals surface area contributed by atoms with Crippen LogP contribution in [0.25, 0.3) is 0 Å². The molecule has 6 nitrogen and oxygen atoms in total. The summed E-state index contributed by atoms with van der Waals surface area (Å²) in [6, 6.07) is 41.0. The van der Waals surface area contributed by atoms with E-state index in [1.165, 1.54) is 0 Å². The predicted octanol–water partition coefficient (Wildman–Crippen LogP) is 5.52. The van der Waals surface area contributed by atoms with Gasteiger partial charge in [0.2, 0.25) is 0 Å². The summed E-state index contributed by atoms with van der Waals surface area (Å²) in [5, 5.41) is 15.8. The molecule has 6 rings (SSSR count). The largest absolute Gasteiger partial charge is 0.424 e. The van der Waals surface area contributed by atoms with Crippen molar-refractivity contribution < 1.29 is 28.5 Å². The van der Waals surface area contributed by atoms with Gasteiger partial charge in [0.05, 0.1) is 12.7 Å². The van der Waals surface area contributed by atoms with Crippen molar-refractivity contribution in [3.8, 4) is 0 Å². The smallest absolute Gasteiger partial charge is 0.261 e. The van der Waals surface area contributed by atoms with Gasteiger partial charge in [-0.3, -0.25) is 0 Å². The molecule has 0 unspecified atom stereocenters. The van der Waals surface area contributed by atoms with Gasteiger partial charge in [-0.25, -0.2) is 0 Å². The van der Waals surface area contributed by atoms with E-state index in [2.05, 4.69) is 83.1 Å². The second-order valence-corrected chi connectivity index (χ2v) is 24.7. The van der Waals surface area contributed by atoms with Gasteiger partial charge in [0.1, 0.15) is 23.9 Å². The molecule has 8 heteroatoms. The van der Waals surface area contributed by atoms with Crippen molar-refractivity contribution in [2.45, 2.75) is 108 Å². The topological polar surface area (TPSA) is 77.4 Å². The zero-order valence-corrected chi connectivity index (χ0v) is 32.8. The number of aliphatic hydroxyl groups is 1. The Morgan fingerprint density at radius 1 is 0.640 bits per heavy atom. The van der Waals surface area contributed by atoms with Crippen molar-refractivity contribution in [1.29, 1.82) is 0 Å². The molecule has 0 aromatic heterocycles. The number of ether oxygens (including phenoxy) is 3. The highest BCUT2D eigenvalue weighted by molar-refractivity contribution is 6.99. The van der Waals surface area contributed by atoms with Crippen molar-refractivity contribution >= 4 is 37.4 Å². The van der Waals surface area contributed by atoms with Crippen LogP contribution in [0.5, 0.6) is 0 Å². The lowest BCUT2D eigenvalue weighted by Gasteiger charge is -2.45. The Hall–Kier alpha value is -2.93. The number of hydrogen-bond donors (Lipinski definition) is 2. The first-order chi connectivity index (χ1) is 23.5. The van der Waals surface area contributed by atoms with Crippen LogP contribution in [0.2, 0.25) is 10.1 Å². The molecule has 0 amide bonds. The first-order valence-corrected chi connectivity index (χ1v) is 21.7. The molecule has 4 aromatic carbocycles. The van der Waals surface area contributed by atoms with Gasteiger partial charge >= 0.3 is 0 Å². The second-order valence-electron chi connectivity index (χ2n) is 16.5. The van der Waals surface area contributed by atoms with E-state index < -0.39 is 57.5 Å². The molecule has 0 bridgehead atoms. The lowest BCUT2D eigenvalue weighted by atomic mass is 9.93. The molecule has 2 N–H and O–H groups in total.